The minimum absolute atomic E-state index is 0.277. The van der Waals surface area contributed by atoms with Crippen LogP contribution in [-0.4, -0.2) is 32.9 Å². The van der Waals surface area contributed by atoms with Crippen LogP contribution in [0.15, 0.2) is 67.0 Å². The normalized spacial score (nSPS) is 16.0. The largest absolute Gasteiger partial charge is 0.508 e. The third-order valence-corrected chi connectivity index (χ3v) is 5.23. The molecule has 4 nitrogen and oxygen atoms in total. The summed E-state index contributed by atoms with van der Waals surface area (Å²) in [5.74, 6) is 1.08. The highest BCUT2D eigenvalue weighted by Crippen LogP contribution is 2.23. The maximum absolute atomic E-state index is 9.40. The van der Waals surface area contributed by atoms with E-state index in [1.807, 2.05) is 23.0 Å². The highest BCUT2D eigenvalue weighted by atomic mass is 16.3. The first-order valence-electron chi connectivity index (χ1n) is 9.35. The summed E-state index contributed by atoms with van der Waals surface area (Å²) in [6.07, 6.45) is 7.76. The number of phenolic OH excluding ortho intramolecular Hbond substituents is 1. The van der Waals surface area contributed by atoms with Gasteiger partial charge in [0.2, 0.25) is 0 Å². The van der Waals surface area contributed by atoms with Crippen molar-refractivity contribution in [2.24, 2.45) is 5.92 Å². The Morgan fingerprint density at radius 3 is 2.38 bits per heavy atom. The second-order valence-electron chi connectivity index (χ2n) is 7.22. The van der Waals surface area contributed by atoms with E-state index in [4.69, 9.17) is 0 Å². The quantitative estimate of drug-likeness (QED) is 0.757. The number of hydrogen-bond donors (Lipinski definition) is 1. The Morgan fingerprint density at radius 1 is 0.923 bits per heavy atom. The lowest BCUT2D eigenvalue weighted by Gasteiger charge is -2.31. The lowest BCUT2D eigenvalue weighted by atomic mass is 9.90. The summed E-state index contributed by atoms with van der Waals surface area (Å²) in [7, 11) is 0. The Hall–Kier alpha value is -2.59. The van der Waals surface area contributed by atoms with E-state index < -0.39 is 0 Å². The van der Waals surface area contributed by atoms with Gasteiger partial charge in [-0.2, -0.15) is 5.10 Å². The molecule has 0 amide bonds. The molecule has 2 aromatic carbocycles. The fraction of sp³-hybridized carbons (Fsp3) is 0.318. The SMILES string of the molecule is Oc1ccc(-n2cc(CN3CCC(Cc4ccccc4)CC3)cn2)cc1. The molecule has 1 N–H and O–H groups in total. The summed E-state index contributed by atoms with van der Waals surface area (Å²) in [5.41, 5.74) is 3.66. The minimum atomic E-state index is 0.277. The number of aromatic hydroxyl groups is 1. The van der Waals surface area contributed by atoms with Gasteiger partial charge in [-0.1, -0.05) is 30.3 Å². The summed E-state index contributed by atoms with van der Waals surface area (Å²) in [6, 6.07) is 18.0. The van der Waals surface area contributed by atoms with Crippen molar-refractivity contribution in [1.29, 1.82) is 0 Å². The molecule has 4 heteroatoms. The van der Waals surface area contributed by atoms with E-state index in [-0.39, 0.29) is 5.75 Å². The van der Waals surface area contributed by atoms with Gasteiger partial charge in [0, 0.05) is 18.3 Å². The molecule has 0 bridgehead atoms. The topological polar surface area (TPSA) is 41.3 Å². The molecule has 134 valence electrons. The van der Waals surface area contributed by atoms with Crippen LogP contribution < -0.4 is 0 Å². The van der Waals surface area contributed by atoms with E-state index in [9.17, 15) is 5.11 Å². The molecule has 3 aromatic rings. The average Bonchev–Trinajstić information content (AvgIpc) is 3.13. The molecule has 1 saturated heterocycles. The number of likely N-dealkylation sites (tertiary alicyclic amines) is 1. The molecular formula is C22H25N3O. The molecule has 2 heterocycles. The summed E-state index contributed by atoms with van der Waals surface area (Å²) in [6.45, 7) is 3.26. The van der Waals surface area contributed by atoms with Crippen molar-refractivity contribution in [3.63, 3.8) is 0 Å². The van der Waals surface area contributed by atoms with Crippen molar-refractivity contribution in [2.45, 2.75) is 25.8 Å². The van der Waals surface area contributed by atoms with Gasteiger partial charge in [0.05, 0.1) is 11.9 Å². The van der Waals surface area contributed by atoms with Gasteiger partial charge in [0.25, 0.3) is 0 Å². The fourth-order valence-electron chi connectivity index (χ4n) is 3.74. The molecule has 0 atom stereocenters. The summed E-state index contributed by atoms with van der Waals surface area (Å²) in [4.78, 5) is 2.53. The van der Waals surface area contributed by atoms with Crippen LogP contribution in [0.5, 0.6) is 5.75 Å². The Bertz CT molecular complexity index is 818. The molecule has 4 rings (SSSR count). The van der Waals surface area contributed by atoms with Crippen molar-refractivity contribution in [2.75, 3.05) is 13.1 Å². The van der Waals surface area contributed by atoms with Gasteiger partial charge < -0.3 is 5.11 Å². The predicted molar refractivity (Wildman–Crippen MR) is 103 cm³/mol. The Balaban J connectivity index is 1.30. The van der Waals surface area contributed by atoms with E-state index in [1.165, 1.54) is 30.4 Å². The van der Waals surface area contributed by atoms with Crippen LogP contribution in [0, 0.1) is 5.92 Å². The molecule has 0 saturated carbocycles. The van der Waals surface area contributed by atoms with Gasteiger partial charge in [0.1, 0.15) is 5.75 Å². The van der Waals surface area contributed by atoms with Crippen LogP contribution in [0.4, 0.5) is 0 Å². The highest BCUT2D eigenvalue weighted by Gasteiger charge is 2.20. The van der Waals surface area contributed by atoms with Gasteiger partial charge >= 0.3 is 0 Å². The van der Waals surface area contributed by atoms with E-state index in [0.717, 1.165) is 31.2 Å². The average molecular weight is 347 g/mol. The Kier molecular flexibility index (Phi) is 5.02. The van der Waals surface area contributed by atoms with Crippen LogP contribution in [-0.2, 0) is 13.0 Å². The second kappa shape index (κ2) is 7.75. The number of benzene rings is 2. The molecule has 0 radical (unpaired) electrons. The van der Waals surface area contributed by atoms with Crippen LogP contribution in [0.25, 0.3) is 5.69 Å². The number of hydrogen-bond acceptors (Lipinski definition) is 3. The summed E-state index contributed by atoms with van der Waals surface area (Å²) < 4.78 is 1.87. The van der Waals surface area contributed by atoms with E-state index in [0.29, 0.717) is 0 Å². The van der Waals surface area contributed by atoms with Crippen LogP contribution in [0.2, 0.25) is 0 Å². The number of nitrogens with zero attached hydrogens (tertiary/aromatic N) is 3. The van der Waals surface area contributed by atoms with Crippen LogP contribution in [0.3, 0.4) is 0 Å². The molecule has 0 aliphatic carbocycles. The lowest BCUT2D eigenvalue weighted by molar-refractivity contribution is 0.177. The zero-order valence-corrected chi connectivity index (χ0v) is 15.0. The molecule has 0 unspecified atom stereocenters. The van der Waals surface area contributed by atoms with Crippen LogP contribution >= 0.6 is 0 Å². The molecule has 26 heavy (non-hydrogen) atoms. The third kappa shape index (κ3) is 4.14. The zero-order valence-electron chi connectivity index (χ0n) is 15.0. The third-order valence-electron chi connectivity index (χ3n) is 5.23. The van der Waals surface area contributed by atoms with Gasteiger partial charge in [-0.3, -0.25) is 4.90 Å². The van der Waals surface area contributed by atoms with Gasteiger partial charge in [-0.25, -0.2) is 4.68 Å². The second-order valence-corrected chi connectivity index (χ2v) is 7.22. The van der Waals surface area contributed by atoms with E-state index in [1.54, 1.807) is 12.1 Å². The standard InChI is InChI=1S/C22H25N3O/c26-22-8-6-21(7-9-22)25-17-20(15-23-25)16-24-12-10-19(11-13-24)14-18-4-2-1-3-5-18/h1-9,15,17,19,26H,10-14,16H2. The predicted octanol–water partition coefficient (Wildman–Crippen LogP) is 4.03. The maximum Gasteiger partial charge on any atom is 0.115 e. The van der Waals surface area contributed by atoms with Crippen molar-refractivity contribution >= 4 is 0 Å². The fourth-order valence-corrected chi connectivity index (χ4v) is 3.74. The van der Waals surface area contributed by atoms with E-state index >= 15 is 0 Å². The molecule has 0 spiro atoms. The molecular weight excluding hydrogens is 322 g/mol. The molecule has 1 fully saturated rings. The lowest BCUT2D eigenvalue weighted by Crippen LogP contribution is -2.33. The molecule has 1 aliphatic rings. The summed E-state index contributed by atoms with van der Waals surface area (Å²) >= 11 is 0. The highest BCUT2D eigenvalue weighted by molar-refractivity contribution is 5.36. The first kappa shape index (κ1) is 16.9. The van der Waals surface area contributed by atoms with Gasteiger partial charge in [-0.05, 0) is 68.1 Å². The summed E-state index contributed by atoms with van der Waals surface area (Å²) in [5, 5.41) is 13.9. The van der Waals surface area contributed by atoms with Crippen molar-refractivity contribution in [3.05, 3.63) is 78.1 Å². The van der Waals surface area contributed by atoms with Crippen molar-refractivity contribution < 1.29 is 5.11 Å². The Labute approximate surface area is 154 Å². The zero-order chi connectivity index (χ0) is 17.8. The number of rotatable bonds is 5. The van der Waals surface area contributed by atoms with E-state index in [2.05, 4.69) is 46.5 Å². The monoisotopic (exact) mass is 347 g/mol. The maximum atomic E-state index is 9.40. The molecule has 1 aliphatic heterocycles. The van der Waals surface area contributed by atoms with Crippen LogP contribution in [0.1, 0.15) is 24.0 Å². The smallest absolute Gasteiger partial charge is 0.115 e. The number of aromatic nitrogens is 2. The first-order valence-corrected chi connectivity index (χ1v) is 9.35. The van der Waals surface area contributed by atoms with Gasteiger partial charge in [0.15, 0.2) is 0 Å². The molecule has 1 aromatic heterocycles. The number of phenols is 1. The number of piperidine rings is 1. The van der Waals surface area contributed by atoms with Crippen molar-refractivity contribution in [1.82, 2.24) is 14.7 Å². The minimum Gasteiger partial charge on any atom is -0.508 e. The first-order chi connectivity index (χ1) is 12.8. The Morgan fingerprint density at radius 2 is 1.65 bits per heavy atom. The van der Waals surface area contributed by atoms with Gasteiger partial charge in [-0.15, -0.1) is 0 Å². The van der Waals surface area contributed by atoms with Crippen molar-refractivity contribution in [3.8, 4) is 11.4 Å².